The summed E-state index contributed by atoms with van der Waals surface area (Å²) in [5.41, 5.74) is 3.29. The number of amides is 2. The third-order valence-corrected chi connectivity index (χ3v) is 4.20. The Kier molecular flexibility index (Phi) is 4.63. The van der Waals surface area contributed by atoms with Crippen molar-refractivity contribution in [2.24, 2.45) is 0 Å². The van der Waals surface area contributed by atoms with Gasteiger partial charge in [-0.2, -0.15) is 0 Å². The molecule has 1 aliphatic heterocycles. The van der Waals surface area contributed by atoms with Crippen LogP contribution < -0.4 is 5.32 Å². The first-order valence-corrected chi connectivity index (χ1v) is 8.10. The van der Waals surface area contributed by atoms with Crippen molar-refractivity contribution in [1.82, 2.24) is 20.2 Å². The Hall–Kier alpha value is -2.32. The third kappa shape index (κ3) is 3.38. The molecule has 1 fully saturated rings. The van der Waals surface area contributed by atoms with Gasteiger partial charge in [-0.3, -0.25) is 14.6 Å². The lowest BCUT2D eigenvalue weighted by Crippen LogP contribution is -2.42. The lowest BCUT2D eigenvalue weighted by Gasteiger charge is -2.32. The van der Waals surface area contributed by atoms with Gasteiger partial charge in [0.05, 0.1) is 29.9 Å². The van der Waals surface area contributed by atoms with Crippen LogP contribution in [0, 0.1) is 0 Å². The van der Waals surface area contributed by atoms with Crippen LogP contribution in [0.5, 0.6) is 0 Å². The highest BCUT2D eigenvalue weighted by Gasteiger charge is 2.27. The van der Waals surface area contributed by atoms with E-state index in [0.29, 0.717) is 36.6 Å². The minimum absolute atomic E-state index is 0.0958. The highest BCUT2D eigenvalue weighted by molar-refractivity contribution is 7.07. The number of aromatic nitrogens is 2. The molecule has 1 atom stereocenters. The molecular weight excluding hydrogens is 316 g/mol. The molecule has 2 aromatic rings. The SMILES string of the molecule is CNC(=O)c1ccc([C@H]2CN(C(=O)c3cscn3)CCO2)nc1. The van der Waals surface area contributed by atoms with Gasteiger partial charge in [0.2, 0.25) is 0 Å². The molecule has 7 nitrogen and oxygen atoms in total. The Morgan fingerprint density at radius 1 is 1.39 bits per heavy atom. The summed E-state index contributed by atoms with van der Waals surface area (Å²) in [4.78, 5) is 34.0. The first kappa shape index (κ1) is 15.6. The van der Waals surface area contributed by atoms with Crippen molar-refractivity contribution in [3.05, 3.63) is 46.2 Å². The largest absolute Gasteiger partial charge is 0.368 e. The van der Waals surface area contributed by atoms with Gasteiger partial charge in [-0.15, -0.1) is 11.3 Å². The van der Waals surface area contributed by atoms with E-state index in [2.05, 4.69) is 15.3 Å². The molecule has 8 heteroatoms. The number of morpholine rings is 1. The molecule has 0 radical (unpaired) electrons. The minimum atomic E-state index is -0.301. The van der Waals surface area contributed by atoms with Gasteiger partial charge in [-0.1, -0.05) is 0 Å². The van der Waals surface area contributed by atoms with Crippen molar-refractivity contribution in [3.63, 3.8) is 0 Å². The van der Waals surface area contributed by atoms with Crippen LogP contribution in [0.25, 0.3) is 0 Å². The van der Waals surface area contributed by atoms with E-state index in [4.69, 9.17) is 4.74 Å². The standard InChI is InChI=1S/C15H16N4O3S/c1-16-14(20)10-2-3-11(17-6-10)13-7-19(4-5-22-13)15(21)12-8-23-9-18-12/h2-3,6,8-9,13H,4-5,7H2,1H3,(H,16,20)/t13-/m1/s1. The molecule has 3 rings (SSSR count). The number of pyridine rings is 1. The minimum Gasteiger partial charge on any atom is -0.368 e. The number of carbonyl (C=O) groups is 2. The van der Waals surface area contributed by atoms with Crippen molar-refractivity contribution in [2.75, 3.05) is 26.7 Å². The lowest BCUT2D eigenvalue weighted by molar-refractivity contribution is -0.0249. The van der Waals surface area contributed by atoms with E-state index in [0.717, 1.165) is 0 Å². The average Bonchev–Trinajstić information content (AvgIpc) is 3.15. The first-order valence-electron chi connectivity index (χ1n) is 7.16. The van der Waals surface area contributed by atoms with Crippen LogP contribution in [0.1, 0.15) is 32.6 Å². The molecule has 0 saturated carbocycles. The Labute approximate surface area is 137 Å². The zero-order chi connectivity index (χ0) is 16.2. The fourth-order valence-electron chi connectivity index (χ4n) is 2.37. The van der Waals surface area contributed by atoms with Gasteiger partial charge in [0, 0.05) is 25.2 Å². The Bertz CT molecular complexity index is 687. The summed E-state index contributed by atoms with van der Waals surface area (Å²) in [5, 5.41) is 4.29. The molecule has 0 bridgehead atoms. The fraction of sp³-hybridized carbons (Fsp3) is 0.333. The molecule has 1 N–H and O–H groups in total. The molecule has 0 unspecified atom stereocenters. The first-order chi connectivity index (χ1) is 11.2. The van der Waals surface area contributed by atoms with E-state index in [1.54, 1.807) is 35.0 Å². The Morgan fingerprint density at radius 3 is 2.91 bits per heavy atom. The summed E-state index contributed by atoms with van der Waals surface area (Å²) in [6, 6.07) is 3.46. The van der Waals surface area contributed by atoms with Gasteiger partial charge in [0.15, 0.2) is 0 Å². The number of carbonyl (C=O) groups excluding carboxylic acids is 2. The second-order valence-electron chi connectivity index (χ2n) is 5.04. The number of hydrogen-bond donors (Lipinski definition) is 1. The quantitative estimate of drug-likeness (QED) is 0.910. The highest BCUT2D eigenvalue weighted by Crippen LogP contribution is 2.22. The monoisotopic (exact) mass is 332 g/mol. The summed E-state index contributed by atoms with van der Waals surface area (Å²) >= 11 is 1.40. The van der Waals surface area contributed by atoms with Crippen molar-refractivity contribution >= 4 is 23.2 Å². The average molecular weight is 332 g/mol. The fourth-order valence-corrected chi connectivity index (χ4v) is 2.89. The van der Waals surface area contributed by atoms with Gasteiger partial charge in [0.25, 0.3) is 11.8 Å². The van der Waals surface area contributed by atoms with E-state index >= 15 is 0 Å². The van der Waals surface area contributed by atoms with Gasteiger partial charge in [-0.25, -0.2) is 4.98 Å². The maximum atomic E-state index is 12.4. The van der Waals surface area contributed by atoms with E-state index in [9.17, 15) is 9.59 Å². The molecular formula is C15H16N4O3S. The van der Waals surface area contributed by atoms with Crippen molar-refractivity contribution in [1.29, 1.82) is 0 Å². The molecule has 120 valence electrons. The van der Waals surface area contributed by atoms with Crippen LogP contribution in [0.15, 0.2) is 29.2 Å². The molecule has 2 amide bonds. The predicted octanol–water partition coefficient (Wildman–Crippen LogP) is 1.11. The van der Waals surface area contributed by atoms with Crippen molar-refractivity contribution in [3.8, 4) is 0 Å². The summed E-state index contributed by atoms with van der Waals surface area (Å²) in [5.74, 6) is -0.282. The summed E-state index contributed by atoms with van der Waals surface area (Å²) in [6.07, 6.45) is 1.21. The summed E-state index contributed by atoms with van der Waals surface area (Å²) in [6.45, 7) is 1.39. The number of nitrogens with one attached hydrogen (secondary N) is 1. The summed E-state index contributed by atoms with van der Waals surface area (Å²) in [7, 11) is 1.57. The van der Waals surface area contributed by atoms with Crippen LogP contribution in [0.3, 0.4) is 0 Å². The highest BCUT2D eigenvalue weighted by atomic mass is 32.1. The zero-order valence-corrected chi connectivity index (χ0v) is 13.4. The molecule has 3 heterocycles. The molecule has 0 spiro atoms. The van der Waals surface area contributed by atoms with Crippen LogP contribution in [-0.2, 0) is 4.74 Å². The van der Waals surface area contributed by atoms with Crippen molar-refractivity contribution < 1.29 is 14.3 Å². The predicted molar refractivity (Wildman–Crippen MR) is 84.3 cm³/mol. The number of rotatable bonds is 3. The molecule has 0 aliphatic carbocycles. The number of nitrogens with zero attached hydrogens (tertiary/aromatic N) is 3. The number of ether oxygens (including phenoxy) is 1. The van der Waals surface area contributed by atoms with E-state index in [1.165, 1.54) is 17.5 Å². The van der Waals surface area contributed by atoms with Gasteiger partial charge < -0.3 is 15.0 Å². The smallest absolute Gasteiger partial charge is 0.273 e. The van der Waals surface area contributed by atoms with E-state index in [1.807, 2.05) is 0 Å². The number of hydrogen-bond acceptors (Lipinski definition) is 6. The van der Waals surface area contributed by atoms with Gasteiger partial charge in [0.1, 0.15) is 11.8 Å². The normalized spacial score (nSPS) is 17.8. The van der Waals surface area contributed by atoms with E-state index < -0.39 is 0 Å². The van der Waals surface area contributed by atoms with E-state index in [-0.39, 0.29) is 17.9 Å². The van der Waals surface area contributed by atoms with Crippen LogP contribution >= 0.6 is 11.3 Å². The van der Waals surface area contributed by atoms with Gasteiger partial charge in [-0.05, 0) is 12.1 Å². The Balaban J connectivity index is 1.71. The topological polar surface area (TPSA) is 84.4 Å². The molecule has 2 aromatic heterocycles. The Morgan fingerprint density at radius 2 is 2.26 bits per heavy atom. The molecule has 0 aromatic carbocycles. The zero-order valence-electron chi connectivity index (χ0n) is 12.6. The van der Waals surface area contributed by atoms with Crippen LogP contribution in [0.4, 0.5) is 0 Å². The second kappa shape index (κ2) is 6.84. The van der Waals surface area contributed by atoms with Gasteiger partial charge >= 0.3 is 0 Å². The van der Waals surface area contributed by atoms with Crippen LogP contribution in [-0.4, -0.2) is 53.4 Å². The van der Waals surface area contributed by atoms with Crippen molar-refractivity contribution in [2.45, 2.75) is 6.10 Å². The lowest BCUT2D eigenvalue weighted by atomic mass is 10.1. The molecule has 23 heavy (non-hydrogen) atoms. The number of thiazole rings is 1. The third-order valence-electron chi connectivity index (χ3n) is 3.61. The van der Waals surface area contributed by atoms with Crippen LogP contribution in [0.2, 0.25) is 0 Å². The maximum absolute atomic E-state index is 12.4. The summed E-state index contributed by atoms with van der Waals surface area (Å²) < 4.78 is 5.71. The maximum Gasteiger partial charge on any atom is 0.273 e. The second-order valence-corrected chi connectivity index (χ2v) is 5.75. The molecule has 1 aliphatic rings. The molecule has 1 saturated heterocycles.